The SMILES string of the molecule is CC(C)N=NC1(C)CC(c2ccccc2)=NO1. The molecule has 0 radical (unpaired) electrons. The predicted octanol–water partition coefficient (Wildman–Crippen LogP) is 3.39. The molecule has 0 fully saturated rings. The van der Waals surface area contributed by atoms with Crippen LogP contribution in [0.4, 0.5) is 0 Å². The molecular formula is C13H17N3O. The number of rotatable bonds is 3. The summed E-state index contributed by atoms with van der Waals surface area (Å²) in [6.45, 7) is 5.87. The molecule has 0 aliphatic carbocycles. The zero-order valence-electron chi connectivity index (χ0n) is 10.4. The average molecular weight is 231 g/mol. The van der Waals surface area contributed by atoms with Crippen LogP contribution in [0.25, 0.3) is 0 Å². The molecular weight excluding hydrogens is 214 g/mol. The van der Waals surface area contributed by atoms with E-state index in [0.717, 1.165) is 11.3 Å². The Morgan fingerprint density at radius 3 is 2.65 bits per heavy atom. The fourth-order valence-electron chi connectivity index (χ4n) is 1.61. The van der Waals surface area contributed by atoms with Crippen LogP contribution in [0.3, 0.4) is 0 Å². The van der Waals surface area contributed by atoms with Crippen molar-refractivity contribution >= 4 is 5.71 Å². The molecule has 0 saturated carbocycles. The van der Waals surface area contributed by atoms with Crippen LogP contribution in [0, 0.1) is 0 Å². The van der Waals surface area contributed by atoms with Gasteiger partial charge in [0.2, 0.25) is 5.72 Å². The quantitative estimate of drug-likeness (QED) is 0.735. The predicted molar refractivity (Wildman–Crippen MR) is 67.1 cm³/mol. The van der Waals surface area contributed by atoms with E-state index < -0.39 is 5.72 Å². The van der Waals surface area contributed by atoms with Gasteiger partial charge in [-0.25, -0.2) is 0 Å². The van der Waals surface area contributed by atoms with Gasteiger partial charge >= 0.3 is 0 Å². The molecule has 1 aliphatic heterocycles. The van der Waals surface area contributed by atoms with Crippen LogP contribution in [-0.2, 0) is 4.84 Å². The molecule has 17 heavy (non-hydrogen) atoms. The van der Waals surface area contributed by atoms with Crippen molar-refractivity contribution < 1.29 is 4.84 Å². The summed E-state index contributed by atoms with van der Waals surface area (Å²) >= 11 is 0. The van der Waals surface area contributed by atoms with Crippen molar-refractivity contribution in [2.75, 3.05) is 0 Å². The number of hydrogen-bond acceptors (Lipinski definition) is 4. The summed E-state index contributed by atoms with van der Waals surface area (Å²) < 4.78 is 0. The lowest BCUT2D eigenvalue weighted by molar-refractivity contribution is -0.00270. The van der Waals surface area contributed by atoms with Gasteiger partial charge in [0, 0.05) is 6.92 Å². The first-order chi connectivity index (χ1) is 8.09. The van der Waals surface area contributed by atoms with Gasteiger partial charge in [-0.15, -0.1) is 5.11 Å². The van der Waals surface area contributed by atoms with E-state index in [-0.39, 0.29) is 6.04 Å². The normalized spacial score (nSPS) is 24.1. The van der Waals surface area contributed by atoms with Crippen LogP contribution in [-0.4, -0.2) is 17.5 Å². The Kier molecular flexibility index (Phi) is 3.22. The Labute approximate surface area is 101 Å². The van der Waals surface area contributed by atoms with Gasteiger partial charge in [0.1, 0.15) is 0 Å². The van der Waals surface area contributed by atoms with Crippen LogP contribution in [0.5, 0.6) is 0 Å². The summed E-state index contributed by atoms with van der Waals surface area (Å²) in [6, 6.07) is 10.2. The molecule has 1 heterocycles. The highest BCUT2D eigenvalue weighted by Crippen LogP contribution is 2.28. The molecule has 0 amide bonds. The summed E-state index contributed by atoms with van der Waals surface area (Å²) in [5, 5.41) is 12.5. The molecule has 1 aromatic carbocycles. The zero-order valence-corrected chi connectivity index (χ0v) is 10.4. The molecule has 0 bridgehead atoms. The molecule has 0 spiro atoms. The van der Waals surface area contributed by atoms with E-state index in [1.165, 1.54) is 0 Å². The Balaban J connectivity index is 2.08. The van der Waals surface area contributed by atoms with E-state index in [1.807, 2.05) is 51.1 Å². The molecule has 0 aromatic heterocycles. The van der Waals surface area contributed by atoms with Gasteiger partial charge in [0.25, 0.3) is 0 Å². The molecule has 1 atom stereocenters. The minimum atomic E-state index is -0.643. The van der Waals surface area contributed by atoms with Gasteiger partial charge < -0.3 is 4.84 Å². The van der Waals surface area contributed by atoms with Crippen LogP contribution in [0.15, 0.2) is 45.7 Å². The molecule has 1 unspecified atom stereocenters. The van der Waals surface area contributed by atoms with Crippen molar-refractivity contribution in [3.63, 3.8) is 0 Å². The number of oxime groups is 1. The van der Waals surface area contributed by atoms with E-state index in [4.69, 9.17) is 4.84 Å². The molecule has 1 aliphatic rings. The van der Waals surface area contributed by atoms with Crippen LogP contribution >= 0.6 is 0 Å². The van der Waals surface area contributed by atoms with Crippen LogP contribution < -0.4 is 0 Å². The lowest BCUT2D eigenvalue weighted by Crippen LogP contribution is -2.21. The van der Waals surface area contributed by atoms with Gasteiger partial charge in [-0.1, -0.05) is 35.5 Å². The minimum Gasteiger partial charge on any atom is -0.363 e. The highest BCUT2D eigenvalue weighted by atomic mass is 16.7. The average Bonchev–Trinajstić information content (AvgIpc) is 2.72. The minimum absolute atomic E-state index is 0.177. The highest BCUT2D eigenvalue weighted by molar-refractivity contribution is 6.01. The van der Waals surface area contributed by atoms with Gasteiger partial charge in [0.05, 0.1) is 18.2 Å². The molecule has 2 rings (SSSR count). The van der Waals surface area contributed by atoms with Crippen molar-refractivity contribution in [1.82, 2.24) is 0 Å². The summed E-state index contributed by atoms with van der Waals surface area (Å²) in [4.78, 5) is 5.39. The Bertz CT molecular complexity index is 439. The standard InChI is InChI=1S/C13H17N3O/c1-10(2)14-16-13(3)9-12(15-17-13)11-7-5-4-6-8-11/h4-8,10H,9H2,1-3H3. The molecule has 0 N–H and O–H groups in total. The highest BCUT2D eigenvalue weighted by Gasteiger charge is 2.34. The monoisotopic (exact) mass is 231 g/mol. The molecule has 0 saturated heterocycles. The largest absolute Gasteiger partial charge is 0.363 e. The first kappa shape index (κ1) is 11.8. The molecule has 1 aromatic rings. The Morgan fingerprint density at radius 1 is 1.29 bits per heavy atom. The third-order valence-electron chi connectivity index (χ3n) is 2.46. The summed E-state index contributed by atoms with van der Waals surface area (Å²) in [5.41, 5.74) is 1.36. The Morgan fingerprint density at radius 2 is 2.00 bits per heavy atom. The molecule has 4 heteroatoms. The second-order valence-electron chi connectivity index (χ2n) is 4.66. The number of benzene rings is 1. The third kappa shape index (κ3) is 2.90. The fraction of sp³-hybridized carbons (Fsp3) is 0.462. The lowest BCUT2D eigenvalue weighted by Gasteiger charge is -2.14. The molecule has 4 nitrogen and oxygen atoms in total. The van der Waals surface area contributed by atoms with Crippen molar-refractivity contribution in [2.45, 2.75) is 39.0 Å². The van der Waals surface area contributed by atoms with E-state index in [1.54, 1.807) is 0 Å². The van der Waals surface area contributed by atoms with Crippen LogP contribution in [0.1, 0.15) is 32.8 Å². The van der Waals surface area contributed by atoms with Crippen molar-refractivity contribution in [3.05, 3.63) is 35.9 Å². The third-order valence-corrected chi connectivity index (χ3v) is 2.46. The van der Waals surface area contributed by atoms with Crippen molar-refractivity contribution in [3.8, 4) is 0 Å². The fourth-order valence-corrected chi connectivity index (χ4v) is 1.61. The maximum Gasteiger partial charge on any atom is 0.248 e. The van der Waals surface area contributed by atoms with Crippen LogP contribution in [0.2, 0.25) is 0 Å². The first-order valence-corrected chi connectivity index (χ1v) is 5.81. The smallest absolute Gasteiger partial charge is 0.248 e. The van der Waals surface area contributed by atoms with E-state index in [0.29, 0.717) is 6.42 Å². The van der Waals surface area contributed by atoms with Gasteiger partial charge in [-0.2, -0.15) is 5.11 Å². The van der Waals surface area contributed by atoms with Gasteiger partial charge in [-0.05, 0) is 19.4 Å². The van der Waals surface area contributed by atoms with E-state index in [2.05, 4.69) is 15.4 Å². The Hall–Kier alpha value is -1.71. The number of nitrogens with zero attached hydrogens (tertiary/aromatic N) is 3. The van der Waals surface area contributed by atoms with Crippen molar-refractivity contribution in [2.24, 2.45) is 15.4 Å². The second kappa shape index (κ2) is 4.65. The molecule has 90 valence electrons. The maximum absolute atomic E-state index is 5.39. The van der Waals surface area contributed by atoms with Gasteiger partial charge in [0.15, 0.2) is 0 Å². The zero-order chi connectivity index (χ0) is 12.3. The van der Waals surface area contributed by atoms with Gasteiger partial charge in [-0.3, -0.25) is 0 Å². The van der Waals surface area contributed by atoms with E-state index in [9.17, 15) is 0 Å². The first-order valence-electron chi connectivity index (χ1n) is 5.81. The number of azo groups is 1. The summed E-state index contributed by atoms with van der Waals surface area (Å²) in [5.74, 6) is 0. The maximum atomic E-state index is 5.39. The summed E-state index contributed by atoms with van der Waals surface area (Å²) in [7, 11) is 0. The second-order valence-corrected chi connectivity index (χ2v) is 4.66. The summed E-state index contributed by atoms with van der Waals surface area (Å²) in [6.07, 6.45) is 0.660. The van der Waals surface area contributed by atoms with E-state index >= 15 is 0 Å². The number of hydrogen-bond donors (Lipinski definition) is 0. The van der Waals surface area contributed by atoms with Crippen molar-refractivity contribution in [1.29, 1.82) is 0 Å². The topological polar surface area (TPSA) is 46.3 Å². The lowest BCUT2D eigenvalue weighted by atomic mass is 10.0.